The molecule has 0 saturated heterocycles. The van der Waals surface area contributed by atoms with Crippen LogP contribution in [0.15, 0.2) is 48.5 Å². The molecule has 0 fully saturated rings. The van der Waals surface area contributed by atoms with Gasteiger partial charge >= 0.3 is 0 Å². The van der Waals surface area contributed by atoms with Crippen LogP contribution >= 0.6 is 0 Å². The number of nitrogen functional groups attached to an aromatic ring is 1. The van der Waals surface area contributed by atoms with Gasteiger partial charge in [-0.15, -0.1) is 0 Å². The molecule has 2 aromatic carbocycles. The molecule has 0 bridgehead atoms. The molecule has 5 N–H and O–H groups in total. The molecule has 102 valence electrons. The van der Waals surface area contributed by atoms with Crippen LogP contribution in [-0.2, 0) is 6.54 Å². The van der Waals surface area contributed by atoms with E-state index >= 15 is 0 Å². The van der Waals surface area contributed by atoms with Crippen LogP contribution in [0.2, 0.25) is 0 Å². The van der Waals surface area contributed by atoms with E-state index in [1.54, 1.807) is 48.5 Å². The van der Waals surface area contributed by atoms with Gasteiger partial charge in [-0.1, -0.05) is 18.2 Å². The molecule has 0 spiro atoms. The van der Waals surface area contributed by atoms with Gasteiger partial charge in [0.2, 0.25) is 5.91 Å². The van der Waals surface area contributed by atoms with Crippen molar-refractivity contribution in [3.05, 3.63) is 65.2 Å². The van der Waals surface area contributed by atoms with Gasteiger partial charge in [0.1, 0.15) is 0 Å². The maximum absolute atomic E-state index is 11.9. The fourth-order valence-corrected chi connectivity index (χ4v) is 1.75. The van der Waals surface area contributed by atoms with Crippen LogP contribution in [0.5, 0.6) is 0 Å². The molecule has 0 aliphatic carbocycles. The van der Waals surface area contributed by atoms with Crippen molar-refractivity contribution in [2.24, 2.45) is 5.73 Å². The van der Waals surface area contributed by atoms with Gasteiger partial charge in [-0.05, 0) is 35.9 Å². The van der Waals surface area contributed by atoms with Crippen LogP contribution in [0.4, 0.5) is 5.69 Å². The summed E-state index contributed by atoms with van der Waals surface area (Å²) in [7, 11) is 0. The Labute approximate surface area is 116 Å². The Hall–Kier alpha value is -2.82. The molecule has 0 atom stereocenters. The molecule has 0 unspecified atom stereocenters. The molecule has 0 aromatic heterocycles. The van der Waals surface area contributed by atoms with Crippen LogP contribution in [-0.4, -0.2) is 11.8 Å². The summed E-state index contributed by atoms with van der Waals surface area (Å²) >= 11 is 0. The summed E-state index contributed by atoms with van der Waals surface area (Å²) in [4.78, 5) is 22.8. The van der Waals surface area contributed by atoms with Crippen molar-refractivity contribution in [3.63, 3.8) is 0 Å². The summed E-state index contributed by atoms with van der Waals surface area (Å²) in [6, 6.07) is 13.5. The molecule has 5 nitrogen and oxygen atoms in total. The van der Waals surface area contributed by atoms with Crippen molar-refractivity contribution in [1.29, 1.82) is 0 Å². The zero-order chi connectivity index (χ0) is 14.5. The lowest BCUT2D eigenvalue weighted by Crippen LogP contribution is -2.22. The van der Waals surface area contributed by atoms with E-state index in [1.165, 1.54) is 0 Å². The SMILES string of the molecule is NC(=O)c1ccc(CNC(=O)c2cccc(N)c2)cc1. The van der Waals surface area contributed by atoms with Crippen molar-refractivity contribution in [3.8, 4) is 0 Å². The van der Waals surface area contributed by atoms with Gasteiger partial charge in [0.25, 0.3) is 5.91 Å². The molecule has 20 heavy (non-hydrogen) atoms. The zero-order valence-corrected chi connectivity index (χ0v) is 10.8. The van der Waals surface area contributed by atoms with E-state index in [-0.39, 0.29) is 5.91 Å². The number of benzene rings is 2. The minimum atomic E-state index is -0.472. The molecule has 2 rings (SSSR count). The van der Waals surface area contributed by atoms with E-state index in [9.17, 15) is 9.59 Å². The van der Waals surface area contributed by atoms with Crippen molar-refractivity contribution in [2.75, 3.05) is 5.73 Å². The highest BCUT2D eigenvalue weighted by atomic mass is 16.2. The monoisotopic (exact) mass is 269 g/mol. The van der Waals surface area contributed by atoms with E-state index in [2.05, 4.69) is 5.32 Å². The average Bonchev–Trinajstić information content (AvgIpc) is 2.45. The summed E-state index contributed by atoms with van der Waals surface area (Å²) in [5.41, 5.74) is 13.2. The van der Waals surface area contributed by atoms with Crippen LogP contribution in [0.3, 0.4) is 0 Å². The van der Waals surface area contributed by atoms with Crippen LogP contribution < -0.4 is 16.8 Å². The van der Waals surface area contributed by atoms with E-state index < -0.39 is 5.91 Å². The van der Waals surface area contributed by atoms with Crippen LogP contribution in [0.25, 0.3) is 0 Å². The number of hydrogen-bond acceptors (Lipinski definition) is 3. The van der Waals surface area contributed by atoms with Gasteiger partial charge < -0.3 is 16.8 Å². The Morgan fingerprint density at radius 1 is 1.00 bits per heavy atom. The summed E-state index contributed by atoms with van der Waals surface area (Å²) in [5, 5.41) is 2.78. The summed E-state index contributed by atoms with van der Waals surface area (Å²) < 4.78 is 0. The minimum absolute atomic E-state index is 0.198. The second-order valence-electron chi connectivity index (χ2n) is 4.37. The number of primary amides is 1. The Morgan fingerprint density at radius 3 is 2.30 bits per heavy atom. The predicted molar refractivity (Wildman–Crippen MR) is 77.0 cm³/mol. The lowest BCUT2D eigenvalue weighted by Gasteiger charge is -2.06. The fourth-order valence-electron chi connectivity index (χ4n) is 1.75. The average molecular weight is 269 g/mol. The number of nitrogens with two attached hydrogens (primary N) is 2. The lowest BCUT2D eigenvalue weighted by atomic mass is 10.1. The second kappa shape index (κ2) is 5.88. The van der Waals surface area contributed by atoms with Crippen molar-refractivity contribution in [1.82, 2.24) is 5.32 Å². The highest BCUT2D eigenvalue weighted by Crippen LogP contribution is 2.07. The summed E-state index contributed by atoms with van der Waals surface area (Å²) in [5.74, 6) is -0.670. The van der Waals surface area contributed by atoms with Gasteiger partial charge in [0.05, 0.1) is 0 Å². The largest absolute Gasteiger partial charge is 0.399 e. The molecule has 0 radical (unpaired) electrons. The van der Waals surface area contributed by atoms with Crippen molar-refractivity contribution >= 4 is 17.5 Å². The topological polar surface area (TPSA) is 98.2 Å². The smallest absolute Gasteiger partial charge is 0.251 e. The first kappa shape index (κ1) is 13.6. The van der Waals surface area contributed by atoms with Crippen LogP contribution in [0.1, 0.15) is 26.3 Å². The molecule has 0 heterocycles. The minimum Gasteiger partial charge on any atom is -0.399 e. The van der Waals surface area contributed by atoms with E-state index in [0.29, 0.717) is 23.4 Å². The fraction of sp³-hybridized carbons (Fsp3) is 0.0667. The van der Waals surface area contributed by atoms with Gasteiger partial charge in [-0.25, -0.2) is 0 Å². The first-order chi connectivity index (χ1) is 9.56. The number of anilines is 1. The number of rotatable bonds is 4. The van der Waals surface area contributed by atoms with E-state index in [4.69, 9.17) is 11.5 Å². The van der Waals surface area contributed by atoms with Gasteiger partial charge in [0.15, 0.2) is 0 Å². The standard InChI is InChI=1S/C15H15N3O2/c16-13-3-1-2-12(8-13)15(20)18-9-10-4-6-11(7-5-10)14(17)19/h1-8H,9,16H2,(H2,17,19)(H,18,20). The zero-order valence-electron chi connectivity index (χ0n) is 10.8. The molecule has 0 aliphatic heterocycles. The number of amides is 2. The van der Waals surface area contributed by atoms with Crippen molar-refractivity contribution < 1.29 is 9.59 Å². The number of hydrogen-bond donors (Lipinski definition) is 3. The molecule has 2 amide bonds. The van der Waals surface area contributed by atoms with Gasteiger partial charge in [-0.3, -0.25) is 9.59 Å². The quantitative estimate of drug-likeness (QED) is 0.729. The Bertz CT molecular complexity index is 636. The van der Waals surface area contributed by atoms with Crippen LogP contribution in [0, 0.1) is 0 Å². The number of carbonyl (C=O) groups is 2. The predicted octanol–water partition coefficient (Wildman–Crippen LogP) is 1.30. The molecular formula is C15H15N3O2. The third kappa shape index (κ3) is 3.35. The Kier molecular flexibility index (Phi) is 4.00. The highest BCUT2D eigenvalue weighted by molar-refractivity contribution is 5.95. The maximum atomic E-state index is 11.9. The highest BCUT2D eigenvalue weighted by Gasteiger charge is 2.05. The summed E-state index contributed by atoms with van der Waals surface area (Å²) in [6.45, 7) is 0.368. The Morgan fingerprint density at radius 2 is 1.70 bits per heavy atom. The second-order valence-corrected chi connectivity index (χ2v) is 4.37. The number of carbonyl (C=O) groups excluding carboxylic acids is 2. The first-order valence-electron chi connectivity index (χ1n) is 6.09. The van der Waals surface area contributed by atoms with Crippen molar-refractivity contribution in [2.45, 2.75) is 6.54 Å². The molecule has 2 aromatic rings. The maximum Gasteiger partial charge on any atom is 0.251 e. The first-order valence-corrected chi connectivity index (χ1v) is 6.09. The van der Waals surface area contributed by atoms with E-state index in [1.807, 2.05) is 0 Å². The molecule has 5 heteroatoms. The normalized spacial score (nSPS) is 10.0. The number of nitrogens with one attached hydrogen (secondary N) is 1. The van der Waals surface area contributed by atoms with E-state index in [0.717, 1.165) is 5.56 Å². The molecular weight excluding hydrogens is 254 g/mol. The Balaban J connectivity index is 1.98. The molecule has 0 aliphatic rings. The lowest BCUT2D eigenvalue weighted by molar-refractivity contribution is 0.0949. The molecule has 0 saturated carbocycles. The third-order valence-electron chi connectivity index (χ3n) is 2.84. The summed E-state index contributed by atoms with van der Waals surface area (Å²) in [6.07, 6.45) is 0. The van der Waals surface area contributed by atoms with Gasteiger partial charge in [0, 0.05) is 23.4 Å². The third-order valence-corrected chi connectivity index (χ3v) is 2.84. The van der Waals surface area contributed by atoms with Gasteiger partial charge in [-0.2, -0.15) is 0 Å².